The molecule has 2 aromatic rings. The number of carbonyl (C=O) groups is 1. The lowest BCUT2D eigenvalue weighted by atomic mass is 9.95. The molecule has 1 aromatic heterocycles. The summed E-state index contributed by atoms with van der Waals surface area (Å²) in [5.74, 6) is 1.58. The topological polar surface area (TPSA) is 71.3 Å². The molecule has 1 aliphatic rings. The molecule has 3 rings (SSSR count). The highest BCUT2D eigenvalue weighted by molar-refractivity contribution is 5.79. The van der Waals surface area contributed by atoms with Crippen LogP contribution in [-0.4, -0.2) is 40.1 Å². The molecule has 1 aromatic carbocycles. The standard InChI is InChI=1S/C20H28N4O2/c1-3-17(4-2)21-20(25)16-10-12-24(13-11-16)14-18-22-19(23-26-18)15-8-6-5-7-9-15/h5-9,16-17H,3-4,10-14H2,1-2H3,(H,21,25). The van der Waals surface area contributed by atoms with Crippen molar-refractivity contribution >= 4 is 5.91 Å². The van der Waals surface area contributed by atoms with E-state index in [4.69, 9.17) is 4.52 Å². The lowest BCUT2D eigenvalue weighted by molar-refractivity contribution is -0.127. The molecule has 0 saturated carbocycles. The van der Waals surface area contributed by atoms with Crippen LogP contribution in [0.1, 0.15) is 45.4 Å². The van der Waals surface area contributed by atoms with Gasteiger partial charge in [0, 0.05) is 17.5 Å². The van der Waals surface area contributed by atoms with Gasteiger partial charge in [-0.3, -0.25) is 9.69 Å². The average molecular weight is 356 g/mol. The summed E-state index contributed by atoms with van der Waals surface area (Å²) in [7, 11) is 0. The van der Waals surface area contributed by atoms with Crippen molar-refractivity contribution in [3.8, 4) is 11.4 Å². The van der Waals surface area contributed by atoms with Crippen LogP contribution in [0.15, 0.2) is 34.9 Å². The number of hydrogen-bond donors (Lipinski definition) is 1. The number of hydrogen-bond acceptors (Lipinski definition) is 5. The van der Waals surface area contributed by atoms with E-state index < -0.39 is 0 Å². The molecule has 26 heavy (non-hydrogen) atoms. The summed E-state index contributed by atoms with van der Waals surface area (Å²) >= 11 is 0. The van der Waals surface area contributed by atoms with Crippen LogP contribution in [-0.2, 0) is 11.3 Å². The maximum atomic E-state index is 12.4. The van der Waals surface area contributed by atoms with Gasteiger partial charge in [0.15, 0.2) is 0 Å². The molecule has 0 unspecified atom stereocenters. The molecule has 1 amide bonds. The first kappa shape index (κ1) is 18.6. The Morgan fingerprint density at radius 3 is 2.58 bits per heavy atom. The number of rotatable bonds is 7. The third-order valence-electron chi connectivity index (χ3n) is 5.15. The van der Waals surface area contributed by atoms with E-state index in [1.54, 1.807) is 0 Å². The molecule has 6 heteroatoms. The van der Waals surface area contributed by atoms with Gasteiger partial charge in [0.05, 0.1) is 6.54 Å². The van der Waals surface area contributed by atoms with Crippen molar-refractivity contribution in [1.29, 1.82) is 0 Å². The van der Waals surface area contributed by atoms with Crippen LogP contribution < -0.4 is 5.32 Å². The van der Waals surface area contributed by atoms with E-state index >= 15 is 0 Å². The van der Waals surface area contributed by atoms with E-state index in [0.29, 0.717) is 24.3 Å². The third-order valence-corrected chi connectivity index (χ3v) is 5.15. The highest BCUT2D eigenvalue weighted by atomic mass is 16.5. The second-order valence-corrected chi connectivity index (χ2v) is 6.95. The highest BCUT2D eigenvalue weighted by Gasteiger charge is 2.26. The zero-order valence-electron chi connectivity index (χ0n) is 15.6. The first-order chi connectivity index (χ1) is 12.7. The fourth-order valence-corrected chi connectivity index (χ4v) is 3.38. The van der Waals surface area contributed by atoms with E-state index in [2.05, 4.69) is 34.2 Å². The summed E-state index contributed by atoms with van der Waals surface area (Å²) in [6.45, 7) is 6.63. The van der Waals surface area contributed by atoms with Crippen LogP contribution in [0.4, 0.5) is 0 Å². The Hall–Kier alpha value is -2.21. The molecule has 140 valence electrons. The third kappa shape index (κ3) is 4.69. The first-order valence-electron chi connectivity index (χ1n) is 9.60. The maximum absolute atomic E-state index is 12.4. The minimum absolute atomic E-state index is 0.120. The lowest BCUT2D eigenvalue weighted by Crippen LogP contribution is -2.43. The van der Waals surface area contributed by atoms with Crippen molar-refractivity contribution in [2.75, 3.05) is 13.1 Å². The molecule has 0 bridgehead atoms. The van der Waals surface area contributed by atoms with Gasteiger partial charge in [0.1, 0.15) is 0 Å². The quantitative estimate of drug-likeness (QED) is 0.824. The van der Waals surface area contributed by atoms with E-state index in [-0.39, 0.29) is 11.8 Å². The second-order valence-electron chi connectivity index (χ2n) is 6.95. The number of amides is 1. The van der Waals surface area contributed by atoms with Gasteiger partial charge < -0.3 is 9.84 Å². The minimum atomic E-state index is 0.120. The molecule has 2 heterocycles. The molecule has 1 fully saturated rings. The van der Waals surface area contributed by atoms with Gasteiger partial charge >= 0.3 is 0 Å². The number of carbonyl (C=O) groups excluding carboxylic acids is 1. The van der Waals surface area contributed by atoms with Gasteiger partial charge in [0.25, 0.3) is 0 Å². The molecular formula is C20H28N4O2. The van der Waals surface area contributed by atoms with Crippen LogP contribution >= 0.6 is 0 Å². The van der Waals surface area contributed by atoms with E-state index in [0.717, 1.165) is 44.3 Å². The Morgan fingerprint density at radius 1 is 1.23 bits per heavy atom. The Bertz CT molecular complexity index is 689. The second kappa shape index (κ2) is 8.94. The molecule has 1 N–H and O–H groups in total. The first-order valence-corrected chi connectivity index (χ1v) is 9.60. The lowest BCUT2D eigenvalue weighted by Gasteiger charge is -2.31. The van der Waals surface area contributed by atoms with Crippen molar-refractivity contribution in [2.24, 2.45) is 5.92 Å². The monoisotopic (exact) mass is 356 g/mol. The summed E-state index contributed by atoms with van der Waals surface area (Å²) in [6.07, 6.45) is 3.74. The van der Waals surface area contributed by atoms with Crippen molar-refractivity contribution in [3.63, 3.8) is 0 Å². The van der Waals surface area contributed by atoms with Gasteiger partial charge in [0.2, 0.25) is 17.6 Å². The van der Waals surface area contributed by atoms with Crippen molar-refractivity contribution < 1.29 is 9.32 Å². The highest BCUT2D eigenvalue weighted by Crippen LogP contribution is 2.21. The van der Waals surface area contributed by atoms with Gasteiger partial charge in [-0.2, -0.15) is 4.98 Å². The summed E-state index contributed by atoms with van der Waals surface area (Å²) in [5.41, 5.74) is 0.958. The Labute approximate surface area is 155 Å². The predicted molar refractivity (Wildman–Crippen MR) is 100 cm³/mol. The molecule has 0 aliphatic carbocycles. The van der Waals surface area contributed by atoms with Crippen molar-refractivity contribution in [1.82, 2.24) is 20.4 Å². The Balaban J connectivity index is 1.49. The van der Waals surface area contributed by atoms with Crippen LogP contribution in [0.2, 0.25) is 0 Å². The predicted octanol–water partition coefficient (Wildman–Crippen LogP) is 3.25. The number of likely N-dealkylation sites (tertiary alicyclic amines) is 1. The number of benzene rings is 1. The van der Waals surface area contributed by atoms with E-state index in [1.165, 1.54) is 0 Å². The fraction of sp³-hybridized carbons (Fsp3) is 0.550. The Morgan fingerprint density at radius 2 is 1.92 bits per heavy atom. The SMILES string of the molecule is CCC(CC)NC(=O)C1CCN(Cc2nc(-c3ccccc3)no2)CC1. The molecule has 6 nitrogen and oxygen atoms in total. The number of nitrogens with zero attached hydrogens (tertiary/aromatic N) is 3. The molecule has 0 spiro atoms. The van der Waals surface area contributed by atoms with E-state index in [1.807, 2.05) is 30.3 Å². The molecular weight excluding hydrogens is 328 g/mol. The molecule has 1 aliphatic heterocycles. The summed E-state index contributed by atoms with van der Waals surface area (Å²) < 4.78 is 5.40. The van der Waals surface area contributed by atoms with Gasteiger partial charge in [-0.15, -0.1) is 0 Å². The minimum Gasteiger partial charge on any atom is -0.353 e. The van der Waals surface area contributed by atoms with Crippen LogP contribution in [0, 0.1) is 5.92 Å². The van der Waals surface area contributed by atoms with Crippen molar-refractivity contribution in [2.45, 2.75) is 52.1 Å². The zero-order chi connectivity index (χ0) is 18.4. The van der Waals surface area contributed by atoms with Gasteiger partial charge in [-0.1, -0.05) is 49.3 Å². The number of aromatic nitrogens is 2. The maximum Gasteiger partial charge on any atom is 0.241 e. The largest absolute Gasteiger partial charge is 0.353 e. The average Bonchev–Trinajstić information content (AvgIpc) is 3.15. The number of piperidine rings is 1. The van der Waals surface area contributed by atoms with Crippen LogP contribution in [0.25, 0.3) is 11.4 Å². The molecule has 0 radical (unpaired) electrons. The smallest absolute Gasteiger partial charge is 0.241 e. The summed E-state index contributed by atoms with van der Waals surface area (Å²) in [4.78, 5) is 19.2. The molecule has 0 atom stereocenters. The van der Waals surface area contributed by atoms with Crippen molar-refractivity contribution in [3.05, 3.63) is 36.2 Å². The van der Waals surface area contributed by atoms with Gasteiger partial charge in [-0.25, -0.2) is 0 Å². The van der Waals surface area contributed by atoms with E-state index in [9.17, 15) is 4.79 Å². The van der Waals surface area contributed by atoms with Gasteiger partial charge in [-0.05, 0) is 38.8 Å². The summed E-state index contributed by atoms with van der Waals surface area (Å²) in [6, 6.07) is 10.1. The van der Waals surface area contributed by atoms with Crippen LogP contribution in [0.5, 0.6) is 0 Å². The molecule has 1 saturated heterocycles. The Kier molecular flexibility index (Phi) is 6.39. The zero-order valence-corrected chi connectivity index (χ0v) is 15.6. The van der Waals surface area contributed by atoms with Crippen LogP contribution in [0.3, 0.4) is 0 Å². The number of nitrogens with one attached hydrogen (secondary N) is 1. The summed E-state index contributed by atoms with van der Waals surface area (Å²) in [5, 5.41) is 7.24. The normalized spacial score (nSPS) is 16.1. The fourth-order valence-electron chi connectivity index (χ4n) is 3.38.